The number of fused-ring (bicyclic) bond motifs is 1. The molecule has 1 aliphatic heterocycles. The quantitative estimate of drug-likeness (QED) is 0.541. The summed E-state index contributed by atoms with van der Waals surface area (Å²) in [5.41, 5.74) is 3.07. The van der Waals surface area contributed by atoms with Gasteiger partial charge in [0.25, 0.3) is 0 Å². The third-order valence-corrected chi connectivity index (χ3v) is 6.40. The van der Waals surface area contributed by atoms with Crippen LogP contribution in [0.2, 0.25) is 0 Å². The number of morpholine rings is 1. The monoisotopic (exact) mass is 468 g/mol. The molecular formula is C24H29FN6O3. The highest BCUT2D eigenvalue weighted by Crippen LogP contribution is 2.33. The van der Waals surface area contributed by atoms with Gasteiger partial charge in [0, 0.05) is 61.2 Å². The molecule has 180 valence electrons. The molecule has 2 aromatic heterocycles. The summed E-state index contributed by atoms with van der Waals surface area (Å²) < 4.78 is 24.6. The fourth-order valence-electron chi connectivity index (χ4n) is 4.48. The second kappa shape index (κ2) is 10.4. The molecule has 9 nitrogen and oxygen atoms in total. The zero-order valence-corrected chi connectivity index (χ0v) is 18.9. The predicted molar refractivity (Wildman–Crippen MR) is 126 cm³/mol. The lowest BCUT2D eigenvalue weighted by atomic mass is 9.93. The molecule has 10 heteroatoms. The lowest BCUT2D eigenvalue weighted by Gasteiger charge is -2.31. The van der Waals surface area contributed by atoms with Gasteiger partial charge in [0.2, 0.25) is 5.95 Å². The van der Waals surface area contributed by atoms with Crippen LogP contribution in [0.3, 0.4) is 0 Å². The molecule has 1 atom stereocenters. The zero-order valence-electron chi connectivity index (χ0n) is 18.9. The molecule has 34 heavy (non-hydrogen) atoms. The number of ether oxygens (including phenoxy) is 2. The summed E-state index contributed by atoms with van der Waals surface area (Å²) >= 11 is 0. The fraction of sp³-hybridized carbons (Fsp3) is 0.500. The lowest BCUT2D eigenvalue weighted by molar-refractivity contribution is 0.122. The van der Waals surface area contributed by atoms with Gasteiger partial charge >= 0.3 is 0 Å². The number of aromatic nitrogens is 4. The summed E-state index contributed by atoms with van der Waals surface area (Å²) in [6.45, 7) is 2.27. The number of nitrogens with one attached hydrogen (secondary N) is 1. The van der Waals surface area contributed by atoms with Crippen molar-refractivity contribution in [2.24, 2.45) is 0 Å². The Balaban J connectivity index is 1.22. The van der Waals surface area contributed by atoms with Crippen LogP contribution in [0.15, 0.2) is 36.9 Å². The van der Waals surface area contributed by atoms with E-state index in [9.17, 15) is 9.50 Å². The Kier molecular flexibility index (Phi) is 6.96. The molecule has 1 saturated carbocycles. The number of anilines is 2. The van der Waals surface area contributed by atoms with Crippen LogP contribution in [0, 0.1) is 0 Å². The van der Waals surface area contributed by atoms with Gasteiger partial charge in [0.05, 0.1) is 24.8 Å². The number of nitrogens with zero attached hydrogens (tertiary/aromatic N) is 5. The van der Waals surface area contributed by atoms with E-state index in [1.165, 1.54) is 12.4 Å². The Morgan fingerprint density at radius 3 is 2.53 bits per heavy atom. The summed E-state index contributed by atoms with van der Waals surface area (Å²) in [5, 5.41) is 12.9. The third-order valence-electron chi connectivity index (χ3n) is 6.40. The summed E-state index contributed by atoms with van der Waals surface area (Å²) in [6, 6.07) is 4.38. The molecule has 5 rings (SSSR count). The zero-order chi connectivity index (χ0) is 23.3. The molecule has 1 saturated heterocycles. The average Bonchev–Trinajstić information content (AvgIpc) is 2.90. The molecule has 3 aromatic rings. The van der Waals surface area contributed by atoms with Crippen molar-refractivity contribution in [3.63, 3.8) is 0 Å². The van der Waals surface area contributed by atoms with Gasteiger partial charge in [-0.05, 0) is 31.7 Å². The molecule has 1 aromatic carbocycles. The van der Waals surface area contributed by atoms with E-state index >= 15 is 0 Å². The molecule has 0 radical (unpaired) electrons. The molecule has 0 unspecified atom stereocenters. The second-order valence-corrected chi connectivity index (χ2v) is 8.71. The first-order valence-corrected chi connectivity index (χ1v) is 11.8. The number of halogens is 1. The number of hydrogen-bond donors (Lipinski definition) is 2. The smallest absolute Gasteiger partial charge is 0.222 e. The molecule has 1 aliphatic carbocycles. The van der Waals surface area contributed by atoms with E-state index in [0.717, 1.165) is 61.2 Å². The highest BCUT2D eigenvalue weighted by Gasteiger charge is 2.25. The number of aliphatic hydroxyl groups excluding tert-OH is 1. The van der Waals surface area contributed by atoms with Gasteiger partial charge < -0.3 is 24.8 Å². The SMILES string of the molecule is O[C@H](CF)c1cnc(NC2CCC(Oc3cc(N4CCOCC4)cc4nccnc34)CC2)nc1. The summed E-state index contributed by atoms with van der Waals surface area (Å²) in [4.78, 5) is 19.8. The van der Waals surface area contributed by atoms with Crippen LogP contribution in [-0.2, 0) is 4.74 Å². The van der Waals surface area contributed by atoms with Gasteiger partial charge in [0.1, 0.15) is 24.0 Å². The Morgan fingerprint density at radius 1 is 1.06 bits per heavy atom. The van der Waals surface area contributed by atoms with E-state index in [-0.39, 0.29) is 12.1 Å². The predicted octanol–water partition coefficient (Wildman–Crippen LogP) is 3.06. The normalized spacial score (nSPS) is 21.9. The van der Waals surface area contributed by atoms with E-state index < -0.39 is 12.8 Å². The Morgan fingerprint density at radius 2 is 1.79 bits per heavy atom. The van der Waals surface area contributed by atoms with E-state index in [0.29, 0.717) is 24.7 Å². The molecule has 2 fully saturated rings. The minimum Gasteiger partial charge on any atom is -0.488 e. The molecule has 0 spiro atoms. The van der Waals surface area contributed by atoms with Gasteiger partial charge in [-0.3, -0.25) is 4.98 Å². The van der Waals surface area contributed by atoms with Crippen LogP contribution in [-0.4, -0.2) is 70.2 Å². The molecule has 2 N–H and O–H groups in total. The van der Waals surface area contributed by atoms with Crippen molar-refractivity contribution in [3.8, 4) is 5.75 Å². The maximum atomic E-state index is 12.6. The van der Waals surface area contributed by atoms with E-state index in [1.54, 1.807) is 12.4 Å². The van der Waals surface area contributed by atoms with Crippen molar-refractivity contribution in [3.05, 3.63) is 42.5 Å². The van der Waals surface area contributed by atoms with Crippen LogP contribution in [0.25, 0.3) is 11.0 Å². The number of rotatable bonds is 7. The van der Waals surface area contributed by atoms with Crippen molar-refractivity contribution in [2.75, 3.05) is 43.2 Å². The molecule has 2 aliphatic rings. The third kappa shape index (κ3) is 5.18. The maximum Gasteiger partial charge on any atom is 0.222 e. The highest BCUT2D eigenvalue weighted by molar-refractivity contribution is 5.85. The van der Waals surface area contributed by atoms with Gasteiger partial charge in [0.15, 0.2) is 0 Å². The van der Waals surface area contributed by atoms with Crippen LogP contribution >= 0.6 is 0 Å². The van der Waals surface area contributed by atoms with Crippen LogP contribution in [0.1, 0.15) is 37.4 Å². The largest absolute Gasteiger partial charge is 0.488 e. The number of benzene rings is 1. The number of hydrogen-bond acceptors (Lipinski definition) is 9. The Labute approximate surface area is 197 Å². The topological polar surface area (TPSA) is 106 Å². The number of aliphatic hydroxyl groups is 1. The van der Waals surface area contributed by atoms with Gasteiger partial charge in [-0.1, -0.05) is 0 Å². The molecule has 3 heterocycles. The van der Waals surface area contributed by atoms with Crippen molar-refractivity contribution in [1.29, 1.82) is 0 Å². The average molecular weight is 469 g/mol. The summed E-state index contributed by atoms with van der Waals surface area (Å²) in [5.74, 6) is 1.26. The van der Waals surface area contributed by atoms with Crippen molar-refractivity contribution in [1.82, 2.24) is 19.9 Å². The lowest BCUT2D eigenvalue weighted by Crippen LogP contribution is -2.36. The van der Waals surface area contributed by atoms with Crippen molar-refractivity contribution < 1.29 is 19.0 Å². The number of alkyl halides is 1. The van der Waals surface area contributed by atoms with Crippen molar-refractivity contribution >= 4 is 22.7 Å². The summed E-state index contributed by atoms with van der Waals surface area (Å²) in [7, 11) is 0. The molecule has 0 bridgehead atoms. The molecule has 0 amide bonds. The van der Waals surface area contributed by atoms with Gasteiger partial charge in [-0.2, -0.15) is 0 Å². The van der Waals surface area contributed by atoms with Gasteiger partial charge in [-0.15, -0.1) is 0 Å². The molecular weight excluding hydrogens is 439 g/mol. The highest BCUT2D eigenvalue weighted by atomic mass is 19.1. The maximum absolute atomic E-state index is 12.6. The minimum absolute atomic E-state index is 0.0891. The fourth-order valence-corrected chi connectivity index (χ4v) is 4.48. The van der Waals surface area contributed by atoms with Crippen LogP contribution < -0.4 is 15.0 Å². The van der Waals surface area contributed by atoms with Crippen LogP contribution in [0.5, 0.6) is 5.75 Å². The van der Waals surface area contributed by atoms with E-state index in [1.807, 2.05) is 0 Å². The first-order valence-electron chi connectivity index (χ1n) is 11.8. The van der Waals surface area contributed by atoms with E-state index in [2.05, 4.69) is 42.3 Å². The Bertz CT molecular complexity index is 1090. The van der Waals surface area contributed by atoms with Gasteiger partial charge in [-0.25, -0.2) is 19.3 Å². The first-order chi connectivity index (χ1) is 16.7. The van der Waals surface area contributed by atoms with Crippen molar-refractivity contribution in [2.45, 2.75) is 43.9 Å². The summed E-state index contributed by atoms with van der Waals surface area (Å²) in [6.07, 6.45) is 8.84. The van der Waals surface area contributed by atoms with E-state index in [4.69, 9.17) is 9.47 Å². The standard InChI is InChI=1S/C24H29FN6O3/c25-13-21(32)16-14-28-24(29-15-16)30-17-1-3-19(4-2-17)34-22-12-18(31-7-9-33-10-8-31)11-20-23(22)27-6-5-26-20/h5-6,11-12,14-15,17,19,21,32H,1-4,7-10,13H2,(H,28,29,30)/t17?,19?,21-/m1/s1. The minimum atomic E-state index is -1.18. The van der Waals surface area contributed by atoms with Crippen LogP contribution in [0.4, 0.5) is 16.0 Å². The first kappa shape index (κ1) is 22.7. The Hall–Kier alpha value is -3.11. The second-order valence-electron chi connectivity index (χ2n) is 8.71.